The number of hydrogen-bond donors (Lipinski definition) is 1. The Labute approximate surface area is 197 Å². The molecule has 2 aromatic heterocycles. The highest BCUT2D eigenvalue weighted by atomic mass is 35.5. The van der Waals surface area contributed by atoms with Crippen LogP contribution < -0.4 is 15.4 Å². The minimum atomic E-state index is -4.56. The van der Waals surface area contributed by atoms with Crippen LogP contribution in [-0.4, -0.2) is 38.5 Å². The molecule has 2 N–H and O–H groups in total. The van der Waals surface area contributed by atoms with Crippen molar-refractivity contribution in [3.63, 3.8) is 0 Å². The summed E-state index contributed by atoms with van der Waals surface area (Å²) in [5, 5.41) is 4.46. The molecule has 4 unspecified atom stereocenters. The second-order valence-corrected chi connectivity index (χ2v) is 9.00. The molecule has 1 saturated heterocycles. The molecule has 3 aromatic rings. The fraction of sp³-hybridized carbons (Fsp3) is 0.409. The second kappa shape index (κ2) is 8.70. The Kier molecular flexibility index (Phi) is 5.85. The largest absolute Gasteiger partial charge is 0.424 e. The fourth-order valence-corrected chi connectivity index (χ4v) is 5.16. The van der Waals surface area contributed by atoms with Crippen LogP contribution in [0.1, 0.15) is 24.4 Å². The van der Waals surface area contributed by atoms with Crippen molar-refractivity contribution >= 4 is 17.5 Å². The molecule has 1 aliphatic carbocycles. The predicted molar refractivity (Wildman–Crippen MR) is 116 cm³/mol. The number of pyridine rings is 1. The monoisotopic (exact) mass is 496 g/mol. The van der Waals surface area contributed by atoms with Gasteiger partial charge >= 0.3 is 12.2 Å². The molecule has 3 heterocycles. The molecule has 180 valence electrons. The molecule has 7 nitrogen and oxygen atoms in total. The third-order valence-electron chi connectivity index (χ3n) is 6.39. The first-order chi connectivity index (χ1) is 16.2. The van der Waals surface area contributed by atoms with Crippen molar-refractivity contribution in [1.82, 2.24) is 19.7 Å². The first-order valence-electron chi connectivity index (χ1n) is 10.8. The molecule has 1 aromatic carbocycles. The van der Waals surface area contributed by atoms with Gasteiger partial charge in [0, 0.05) is 24.8 Å². The Morgan fingerprint density at radius 3 is 2.74 bits per heavy atom. The van der Waals surface area contributed by atoms with Gasteiger partial charge in [-0.1, -0.05) is 17.7 Å². The van der Waals surface area contributed by atoms with Crippen molar-refractivity contribution in [3.05, 3.63) is 59.1 Å². The normalized spacial score (nSPS) is 24.5. The SMILES string of the molecule is NC1C2CCC1C(c1ccnc(Cl)c1)N(c1nc(Oc3cccc(F)c3)n(CC(F)(F)F)n1)C2. The maximum absolute atomic E-state index is 13.6. The molecular weight excluding hydrogens is 476 g/mol. The van der Waals surface area contributed by atoms with Crippen molar-refractivity contribution in [1.29, 1.82) is 0 Å². The van der Waals surface area contributed by atoms with E-state index in [0.717, 1.165) is 24.5 Å². The summed E-state index contributed by atoms with van der Waals surface area (Å²) in [5.41, 5.74) is 7.33. The average Bonchev–Trinajstić information content (AvgIpc) is 3.22. The Bertz CT molecular complexity index is 1190. The molecule has 34 heavy (non-hydrogen) atoms. The Morgan fingerprint density at radius 1 is 1.18 bits per heavy atom. The predicted octanol–water partition coefficient (Wildman–Crippen LogP) is 4.74. The number of alkyl halides is 3. The number of anilines is 1. The maximum Gasteiger partial charge on any atom is 0.408 e. The molecule has 2 aliphatic rings. The van der Waals surface area contributed by atoms with Crippen molar-refractivity contribution in [3.8, 4) is 11.8 Å². The van der Waals surface area contributed by atoms with E-state index in [1.807, 2.05) is 11.0 Å². The number of nitrogens with two attached hydrogens (primary N) is 1. The van der Waals surface area contributed by atoms with Crippen LogP contribution in [0.5, 0.6) is 11.8 Å². The maximum atomic E-state index is 13.6. The Morgan fingerprint density at radius 2 is 2.00 bits per heavy atom. The van der Waals surface area contributed by atoms with E-state index >= 15 is 0 Å². The summed E-state index contributed by atoms with van der Waals surface area (Å²) in [5.74, 6) is -0.297. The van der Waals surface area contributed by atoms with Crippen LogP contribution >= 0.6 is 11.6 Å². The van der Waals surface area contributed by atoms with Gasteiger partial charge in [0.05, 0.1) is 6.04 Å². The van der Waals surface area contributed by atoms with Gasteiger partial charge in [0.2, 0.25) is 5.95 Å². The van der Waals surface area contributed by atoms with Crippen LogP contribution in [0, 0.1) is 17.7 Å². The smallest absolute Gasteiger partial charge is 0.408 e. The highest BCUT2D eigenvalue weighted by Crippen LogP contribution is 2.48. The molecule has 2 bridgehead atoms. The number of nitrogens with zero attached hydrogens (tertiary/aromatic N) is 5. The number of piperidine rings is 1. The standard InChI is InChI=1S/C22H21ClF4N6O/c23-17-8-12(6-7-29-17)19-16-5-4-13(18(16)28)10-32(19)20-30-21(33(31-20)11-22(25,26)27)34-15-3-1-2-14(24)9-15/h1-3,6-9,13,16,18-19H,4-5,10-11,28H2. The number of ether oxygens (including phenoxy) is 1. The molecule has 12 heteroatoms. The van der Waals surface area contributed by atoms with E-state index < -0.39 is 18.5 Å². The summed E-state index contributed by atoms with van der Waals surface area (Å²) in [4.78, 5) is 10.2. The first-order valence-corrected chi connectivity index (χ1v) is 11.1. The molecular formula is C22H21ClF4N6O. The number of benzene rings is 1. The summed E-state index contributed by atoms with van der Waals surface area (Å²) in [6.07, 6.45) is -1.22. The Balaban J connectivity index is 1.55. The van der Waals surface area contributed by atoms with Crippen LogP contribution in [0.25, 0.3) is 0 Å². The average molecular weight is 497 g/mol. The highest BCUT2D eigenvalue weighted by Gasteiger charge is 2.48. The van der Waals surface area contributed by atoms with Crippen molar-refractivity contribution in [2.75, 3.05) is 11.4 Å². The van der Waals surface area contributed by atoms with Crippen LogP contribution in [-0.2, 0) is 6.54 Å². The molecule has 5 rings (SSSR count). The molecule has 2 fully saturated rings. The van der Waals surface area contributed by atoms with E-state index in [2.05, 4.69) is 15.1 Å². The third-order valence-corrected chi connectivity index (χ3v) is 6.60. The van der Waals surface area contributed by atoms with E-state index in [1.54, 1.807) is 12.3 Å². The molecule has 0 radical (unpaired) electrons. The number of rotatable bonds is 5. The molecule has 1 aliphatic heterocycles. The zero-order chi connectivity index (χ0) is 24.0. The van der Waals surface area contributed by atoms with E-state index in [9.17, 15) is 17.6 Å². The summed E-state index contributed by atoms with van der Waals surface area (Å²) in [6, 6.07) is 7.88. The van der Waals surface area contributed by atoms with Crippen molar-refractivity contribution in [2.45, 2.75) is 37.6 Å². The number of fused-ring (bicyclic) bond motifs is 2. The van der Waals surface area contributed by atoms with Gasteiger partial charge in [-0.3, -0.25) is 0 Å². The number of aromatic nitrogens is 4. The summed E-state index contributed by atoms with van der Waals surface area (Å²) in [7, 11) is 0. The van der Waals surface area contributed by atoms with Gasteiger partial charge in [0.15, 0.2) is 0 Å². The lowest BCUT2D eigenvalue weighted by molar-refractivity contribution is -0.143. The van der Waals surface area contributed by atoms with Gasteiger partial charge in [0.25, 0.3) is 0 Å². The highest BCUT2D eigenvalue weighted by molar-refractivity contribution is 6.29. The lowest BCUT2D eigenvalue weighted by atomic mass is 9.83. The Hall–Kier alpha value is -2.92. The quantitative estimate of drug-likeness (QED) is 0.406. The number of halogens is 5. The zero-order valence-corrected chi connectivity index (χ0v) is 18.5. The van der Waals surface area contributed by atoms with E-state index in [0.29, 0.717) is 16.4 Å². The second-order valence-electron chi connectivity index (χ2n) is 8.61. The van der Waals surface area contributed by atoms with Crippen molar-refractivity contribution < 1.29 is 22.3 Å². The van der Waals surface area contributed by atoms with E-state index in [-0.39, 0.29) is 41.6 Å². The van der Waals surface area contributed by atoms with Crippen molar-refractivity contribution in [2.24, 2.45) is 17.6 Å². The molecule has 0 spiro atoms. The van der Waals surface area contributed by atoms with E-state index in [4.69, 9.17) is 22.1 Å². The first kappa shape index (κ1) is 22.9. The minimum absolute atomic E-state index is 0.0144. The van der Waals surface area contributed by atoms with Gasteiger partial charge in [-0.2, -0.15) is 18.2 Å². The third kappa shape index (κ3) is 4.54. The van der Waals surface area contributed by atoms with Gasteiger partial charge in [-0.15, -0.1) is 5.10 Å². The lowest BCUT2D eigenvalue weighted by Gasteiger charge is -2.43. The van der Waals surface area contributed by atoms with E-state index in [1.165, 1.54) is 18.2 Å². The van der Waals surface area contributed by atoms with Crippen LogP contribution in [0.2, 0.25) is 5.15 Å². The topological polar surface area (TPSA) is 82.1 Å². The van der Waals surface area contributed by atoms with Crippen LogP contribution in [0.3, 0.4) is 0 Å². The number of hydrogen-bond acceptors (Lipinski definition) is 6. The van der Waals surface area contributed by atoms with Gasteiger partial charge in [0.1, 0.15) is 23.3 Å². The summed E-state index contributed by atoms with van der Waals surface area (Å²) >= 11 is 6.13. The van der Waals surface area contributed by atoms with Crippen LogP contribution in [0.15, 0.2) is 42.6 Å². The zero-order valence-electron chi connectivity index (χ0n) is 17.8. The van der Waals surface area contributed by atoms with Gasteiger partial charge in [-0.05, 0) is 54.5 Å². The fourth-order valence-electron chi connectivity index (χ4n) is 4.98. The van der Waals surface area contributed by atoms with Gasteiger partial charge in [-0.25, -0.2) is 14.1 Å². The summed E-state index contributed by atoms with van der Waals surface area (Å²) < 4.78 is 59.6. The minimum Gasteiger partial charge on any atom is -0.424 e. The lowest BCUT2D eigenvalue weighted by Crippen LogP contribution is -2.51. The van der Waals surface area contributed by atoms with Crippen LogP contribution in [0.4, 0.5) is 23.5 Å². The summed E-state index contributed by atoms with van der Waals surface area (Å²) in [6.45, 7) is -0.936. The molecule has 1 saturated carbocycles. The molecule has 4 atom stereocenters. The van der Waals surface area contributed by atoms with Gasteiger partial charge < -0.3 is 15.4 Å². The molecule has 0 amide bonds.